The van der Waals surface area contributed by atoms with Crippen LogP contribution in [0.2, 0.25) is 13.1 Å². The Morgan fingerprint density at radius 2 is 0.917 bits per heavy atom. The molecule has 0 radical (unpaired) electrons. The molecule has 0 aliphatic rings. The van der Waals surface area contributed by atoms with E-state index in [0.29, 0.717) is 0 Å². The van der Waals surface area contributed by atoms with Crippen molar-refractivity contribution in [2.75, 3.05) is 0 Å². The van der Waals surface area contributed by atoms with Gasteiger partial charge in [0.1, 0.15) is 0 Å². The van der Waals surface area contributed by atoms with Crippen LogP contribution in [0.5, 0.6) is 0 Å². The molecule has 0 aliphatic carbocycles. The monoisotopic (exact) mass is 350 g/mol. The molecule has 24 heavy (non-hydrogen) atoms. The number of benzene rings is 3. The summed E-state index contributed by atoms with van der Waals surface area (Å²) in [6.45, 7) is 4.03. The summed E-state index contributed by atoms with van der Waals surface area (Å²) in [5.41, 5.74) is 0. The van der Waals surface area contributed by atoms with E-state index in [-0.39, 0.29) is 0 Å². The topological polar surface area (TPSA) is 29.5 Å². The van der Waals surface area contributed by atoms with Crippen molar-refractivity contribution in [2.24, 2.45) is 0 Å². The van der Waals surface area contributed by atoms with Crippen LogP contribution in [-0.2, 0) is 4.12 Å². The lowest BCUT2D eigenvalue weighted by Gasteiger charge is -2.35. The van der Waals surface area contributed by atoms with Crippen LogP contribution in [0.4, 0.5) is 0 Å². The SMILES string of the molecule is C[Si](O)(O[Si](C)(c1ccccc1)c1ccccc1)c1ccccc1. The van der Waals surface area contributed by atoms with Crippen molar-refractivity contribution in [3.8, 4) is 0 Å². The Morgan fingerprint density at radius 3 is 1.29 bits per heavy atom. The summed E-state index contributed by atoms with van der Waals surface area (Å²) < 4.78 is 6.62. The van der Waals surface area contributed by atoms with Gasteiger partial charge in [0.15, 0.2) is 0 Å². The molecular formula is C20H22O2Si2. The van der Waals surface area contributed by atoms with Gasteiger partial charge in [-0.2, -0.15) is 0 Å². The highest BCUT2D eigenvalue weighted by molar-refractivity contribution is 7.02. The molecule has 0 fully saturated rings. The van der Waals surface area contributed by atoms with Crippen LogP contribution in [0.3, 0.4) is 0 Å². The first-order chi connectivity index (χ1) is 11.5. The van der Waals surface area contributed by atoms with E-state index in [1.165, 1.54) is 10.4 Å². The Balaban J connectivity index is 2.06. The van der Waals surface area contributed by atoms with Crippen LogP contribution < -0.4 is 15.6 Å². The molecule has 0 amide bonds. The number of hydrogen-bond donors (Lipinski definition) is 1. The van der Waals surface area contributed by atoms with Gasteiger partial charge in [0, 0.05) is 0 Å². The Bertz CT molecular complexity index is 735. The van der Waals surface area contributed by atoms with Gasteiger partial charge in [-0.15, -0.1) is 0 Å². The first kappa shape index (κ1) is 16.9. The lowest BCUT2D eigenvalue weighted by atomic mass is 10.4. The van der Waals surface area contributed by atoms with Gasteiger partial charge in [0.05, 0.1) is 0 Å². The zero-order valence-corrected chi connectivity index (χ0v) is 16.0. The average Bonchev–Trinajstić information content (AvgIpc) is 2.63. The molecule has 1 N–H and O–H groups in total. The molecular weight excluding hydrogens is 328 g/mol. The molecule has 1 atom stereocenters. The molecule has 0 heterocycles. The highest BCUT2D eigenvalue weighted by Crippen LogP contribution is 2.14. The van der Waals surface area contributed by atoms with Crippen molar-refractivity contribution in [3.05, 3.63) is 91.0 Å². The third-order valence-electron chi connectivity index (χ3n) is 4.36. The van der Waals surface area contributed by atoms with E-state index in [1.54, 1.807) is 0 Å². The van der Waals surface area contributed by atoms with E-state index in [4.69, 9.17) is 4.12 Å². The number of rotatable bonds is 5. The van der Waals surface area contributed by atoms with Crippen LogP contribution >= 0.6 is 0 Å². The van der Waals surface area contributed by atoms with Gasteiger partial charge >= 0.3 is 8.56 Å². The molecule has 0 bridgehead atoms. The fraction of sp³-hybridized carbons (Fsp3) is 0.100. The van der Waals surface area contributed by atoms with E-state index < -0.39 is 16.9 Å². The molecule has 0 aliphatic heterocycles. The van der Waals surface area contributed by atoms with Crippen molar-refractivity contribution in [3.63, 3.8) is 0 Å². The van der Waals surface area contributed by atoms with E-state index in [0.717, 1.165) is 5.19 Å². The second-order valence-corrected chi connectivity index (χ2v) is 12.8. The van der Waals surface area contributed by atoms with Crippen molar-refractivity contribution >= 4 is 32.4 Å². The minimum atomic E-state index is -3.02. The second-order valence-electron chi connectivity index (χ2n) is 6.22. The number of hydrogen-bond acceptors (Lipinski definition) is 2. The van der Waals surface area contributed by atoms with E-state index >= 15 is 0 Å². The summed E-state index contributed by atoms with van der Waals surface area (Å²) in [6.07, 6.45) is 0. The van der Waals surface area contributed by atoms with Crippen molar-refractivity contribution in [1.29, 1.82) is 0 Å². The highest BCUT2D eigenvalue weighted by atomic mass is 28.4. The summed E-state index contributed by atoms with van der Waals surface area (Å²) in [5, 5.41) is 3.23. The van der Waals surface area contributed by atoms with E-state index in [9.17, 15) is 4.80 Å². The fourth-order valence-corrected chi connectivity index (χ4v) is 10.4. The zero-order valence-electron chi connectivity index (χ0n) is 14.0. The van der Waals surface area contributed by atoms with Gasteiger partial charge in [-0.25, -0.2) is 0 Å². The summed E-state index contributed by atoms with van der Waals surface area (Å²) in [5.74, 6) is 0. The maximum atomic E-state index is 11.2. The lowest BCUT2D eigenvalue weighted by Crippen LogP contribution is -2.66. The fourth-order valence-electron chi connectivity index (χ4n) is 3.00. The third-order valence-corrected chi connectivity index (χ3v) is 11.9. The van der Waals surface area contributed by atoms with E-state index in [2.05, 4.69) is 30.8 Å². The Labute approximate surface area is 145 Å². The maximum Gasteiger partial charge on any atom is 0.356 e. The summed E-state index contributed by atoms with van der Waals surface area (Å²) in [7, 11) is -5.53. The van der Waals surface area contributed by atoms with Gasteiger partial charge in [-0.3, -0.25) is 0 Å². The zero-order chi connectivity index (χ0) is 17.0. The minimum absolute atomic E-state index is 0.899. The normalized spacial score (nSPS) is 14.1. The molecule has 122 valence electrons. The van der Waals surface area contributed by atoms with Gasteiger partial charge in [0.2, 0.25) is 8.32 Å². The summed E-state index contributed by atoms with van der Waals surface area (Å²) in [6, 6.07) is 30.3. The van der Waals surface area contributed by atoms with Crippen LogP contribution in [0.25, 0.3) is 0 Å². The smallest absolute Gasteiger partial charge is 0.356 e. The molecule has 4 heteroatoms. The van der Waals surface area contributed by atoms with Gasteiger partial charge < -0.3 is 8.91 Å². The van der Waals surface area contributed by atoms with Crippen molar-refractivity contribution in [2.45, 2.75) is 13.1 Å². The lowest BCUT2D eigenvalue weighted by molar-refractivity contribution is 0.404. The molecule has 1 unspecified atom stereocenters. The van der Waals surface area contributed by atoms with Crippen LogP contribution in [0, 0.1) is 0 Å². The molecule has 3 rings (SSSR count). The molecule has 3 aromatic carbocycles. The predicted octanol–water partition coefficient (Wildman–Crippen LogP) is 2.36. The Kier molecular flexibility index (Phi) is 4.82. The van der Waals surface area contributed by atoms with Crippen LogP contribution in [-0.4, -0.2) is 21.7 Å². The summed E-state index contributed by atoms with van der Waals surface area (Å²) >= 11 is 0. The second kappa shape index (κ2) is 6.87. The highest BCUT2D eigenvalue weighted by Gasteiger charge is 2.43. The van der Waals surface area contributed by atoms with Gasteiger partial charge in [0.25, 0.3) is 0 Å². The van der Waals surface area contributed by atoms with Crippen LogP contribution in [0.1, 0.15) is 0 Å². The molecule has 3 aromatic rings. The quantitative estimate of drug-likeness (QED) is 0.716. The Hall–Kier alpha value is -1.99. The van der Waals surface area contributed by atoms with Crippen molar-refractivity contribution in [1.82, 2.24) is 0 Å². The predicted molar refractivity (Wildman–Crippen MR) is 105 cm³/mol. The molecule has 0 saturated heterocycles. The minimum Gasteiger partial charge on any atom is -0.425 e. The van der Waals surface area contributed by atoms with Gasteiger partial charge in [-0.05, 0) is 28.7 Å². The van der Waals surface area contributed by atoms with Crippen molar-refractivity contribution < 1.29 is 8.91 Å². The third kappa shape index (κ3) is 3.42. The maximum absolute atomic E-state index is 11.2. The molecule has 0 aromatic heterocycles. The van der Waals surface area contributed by atoms with E-state index in [1.807, 2.05) is 73.3 Å². The molecule has 2 nitrogen and oxygen atoms in total. The first-order valence-corrected chi connectivity index (χ1v) is 12.9. The summed E-state index contributed by atoms with van der Waals surface area (Å²) in [4.78, 5) is 11.2. The average molecular weight is 351 g/mol. The molecule has 0 spiro atoms. The standard InChI is InChI=1S/C20H22O2Si2/c1-23(18-12-6-3-7-13-18,19-14-8-4-9-15-19)22-24(2,21)20-16-10-5-11-17-20/h3-17,21H,1-2H3. The Morgan fingerprint density at radius 1 is 0.583 bits per heavy atom. The largest absolute Gasteiger partial charge is 0.425 e. The van der Waals surface area contributed by atoms with Crippen LogP contribution in [0.15, 0.2) is 91.0 Å². The molecule has 0 saturated carbocycles. The first-order valence-electron chi connectivity index (χ1n) is 8.11. The van der Waals surface area contributed by atoms with Gasteiger partial charge in [-0.1, -0.05) is 91.0 Å².